The molecule has 2 rings (SSSR count). The third-order valence-corrected chi connectivity index (χ3v) is 5.02. The van der Waals surface area contributed by atoms with Crippen LogP contribution < -0.4 is 11.2 Å². The zero-order valence-electron chi connectivity index (χ0n) is 10.1. The van der Waals surface area contributed by atoms with Crippen LogP contribution in [0.4, 0.5) is 0 Å². The van der Waals surface area contributed by atoms with Gasteiger partial charge in [0.15, 0.2) is 0 Å². The lowest BCUT2D eigenvalue weighted by Gasteiger charge is -2.21. The monoisotopic (exact) mass is 302 g/mol. The lowest BCUT2D eigenvalue weighted by molar-refractivity contribution is 0.529. The predicted molar refractivity (Wildman–Crippen MR) is 82.6 cm³/mol. The molecule has 0 aliphatic heterocycles. The van der Waals surface area contributed by atoms with Crippen molar-refractivity contribution in [3.8, 4) is 0 Å². The van der Waals surface area contributed by atoms with Crippen LogP contribution >= 0.6 is 36.6 Å². The number of hydrogen-bond donors (Lipinski definition) is 2. The Bertz CT molecular complexity index is 696. The molecule has 0 saturated heterocycles. The fraction of sp³-hybridized carbons (Fsp3) is 0.455. The van der Waals surface area contributed by atoms with Gasteiger partial charge in [0.2, 0.25) is 0 Å². The Morgan fingerprint density at radius 3 is 2.72 bits per heavy atom. The Morgan fingerprint density at radius 1 is 1.44 bits per heavy atom. The number of thiol groups is 2. The molecule has 0 aromatic carbocycles. The van der Waals surface area contributed by atoms with Gasteiger partial charge in [-0.15, -0.1) is 11.3 Å². The highest BCUT2D eigenvalue weighted by atomic mass is 32.1. The van der Waals surface area contributed by atoms with E-state index in [-0.39, 0.29) is 17.8 Å². The van der Waals surface area contributed by atoms with Crippen molar-refractivity contribution in [2.24, 2.45) is 7.05 Å². The molecule has 0 aliphatic carbocycles. The van der Waals surface area contributed by atoms with Gasteiger partial charge in [0.1, 0.15) is 4.83 Å². The quantitative estimate of drug-likeness (QED) is 0.841. The zero-order chi connectivity index (χ0) is 13.5. The summed E-state index contributed by atoms with van der Waals surface area (Å²) < 4.78 is 2.24. The first-order valence-corrected chi connectivity index (χ1v) is 7.33. The van der Waals surface area contributed by atoms with Crippen LogP contribution in [0, 0.1) is 0 Å². The van der Waals surface area contributed by atoms with Gasteiger partial charge < -0.3 is 0 Å². The average molecular weight is 302 g/mol. The fourth-order valence-electron chi connectivity index (χ4n) is 1.75. The highest BCUT2D eigenvalue weighted by Crippen LogP contribution is 2.18. The second-order valence-corrected chi connectivity index (χ2v) is 6.82. The molecule has 0 radical (unpaired) electrons. The minimum Gasteiger partial charge on any atom is -0.287 e. The van der Waals surface area contributed by atoms with Crippen LogP contribution in [0.1, 0.15) is 6.92 Å². The molecule has 0 fully saturated rings. The van der Waals surface area contributed by atoms with Crippen LogP contribution in [-0.4, -0.2) is 19.6 Å². The summed E-state index contributed by atoms with van der Waals surface area (Å²) in [5.74, 6) is 0.480. The maximum atomic E-state index is 12.3. The van der Waals surface area contributed by atoms with Crippen LogP contribution in [0.15, 0.2) is 21.0 Å². The first-order chi connectivity index (χ1) is 8.37. The van der Waals surface area contributed by atoms with Crippen LogP contribution in [0.3, 0.4) is 0 Å². The molecule has 0 N–H and O–H groups in total. The van der Waals surface area contributed by atoms with E-state index in [0.717, 1.165) is 0 Å². The van der Waals surface area contributed by atoms with E-state index in [1.807, 2.05) is 12.3 Å². The summed E-state index contributed by atoms with van der Waals surface area (Å²) in [5, 5.41) is 2.39. The van der Waals surface area contributed by atoms with Gasteiger partial charge in [-0.05, 0) is 18.4 Å². The van der Waals surface area contributed by atoms with Gasteiger partial charge in [0, 0.05) is 24.1 Å². The smallest absolute Gasteiger partial charge is 0.287 e. The number of fused-ring (bicyclic) bond motifs is 1. The molecule has 0 unspecified atom stereocenters. The Hall–Kier alpha value is -0.660. The fourth-order valence-corrected chi connectivity index (χ4v) is 2.85. The number of rotatable bonds is 3. The summed E-state index contributed by atoms with van der Waals surface area (Å²) >= 11 is 10.0. The van der Waals surface area contributed by atoms with E-state index in [9.17, 15) is 9.59 Å². The minimum atomic E-state index is -0.497. The first kappa shape index (κ1) is 13.8. The molecule has 0 bridgehead atoms. The number of hydrogen-bond acceptors (Lipinski definition) is 5. The molecule has 18 heavy (non-hydrogen) atoms. The molecule has 4 nitrogen and oxygen atoms in total. The van der Waals surface area contributed by atoms with Gasteiger partial charge in [-0.2, -0.15) is 25.3 Å². The van der Waals surface area contributed by atoms with Crippen molar-refractivity contribution in [3.63, 3.8) is 0 Å². The summed E-state index contributed by atoms with van der Waals surface area (Å²) in [6, 6.07) is 1.74. The summed E-state index contributed by atoms with van der Waals surface area (Å²) in [4.78, 5) is 25.1. The van der Waals surface area contributed by atoms with E-state index in [0.29, 0.717) is 16.0 Å². The van der Waals surface area contributed by atoms with Crippen LogP contribution in [0.5, 0.6) is 0 Å². The van der Waals surface area contributed by atoms with Crippen molar-refractivity contribution in [1.29, 1.82) is 0 Å². The van der Waals surface area contributed by atoms with Gasteiger partial charge >= 0.3 is 5.69 Å². The van der Waals surface area contributed by atoms with E-state index >= 15 is 0 Å². The standard InChI is InChI=1S/C11H14N2O2S3/c1-11(17,6-16)5-13-8(14)7-3-4-18-9(7)12(2)10(13)15/h3-4,16-17H,5-6H2,1-2H3/t11-/m1/s1. The molecule has 1 atom stereocenters. The summed E-state index contributed by atoms with van der Waals surface area (Å²) in [6.45, 7) is 2.10. The largest absolute Gasteiger partial charge is 0.331 e. The maximum absolute atomic E-state index is 12.3. The Kier molecular flexibility index (Phi) is 3.66. The van der Waals surface area contributed by atoms with Crippen molar-refractivity contribution in [2.75, 3.05) is 5.75 Å². The molecular formula is C11H14N2O2S3. The summed E-state index contributed by atoms with van der Waals surface area (Å²) in [7, 11) is 1.67. The van der Waals surface area contributed by atoms with Crippen molar-refractivity contribution in [3.05, 3.63) is 32.3 Å². The predicted octanol–water partition coefficient (Wildman–Crippen LogP) is 1.38. The molecule has 98 valence electrons. The molecular weight excluding hydrogens is 288 g/mol. The highest BCUT2D eigenvalue weighted by Gasteiger charge is 2.21. The molecule has 2 aromatic rings. The number of nitrogens with zero attached hydrogens (tertiary/aromatic N) is 2. The molecule has 2 heterocycles. The van der Waals surface area contributed by atoms with Crippen LogP contribution in [-0.2, 0) is 13.6 Å². The average Bonchev–Trinajstić information content (AvgIpc) is 2.81. The second-order valence-electron chi connectivity index (χ2n) is 4.53. The molecule has 0 spiro atoms. The summed E-state index contributed by atoms with van der Waals surface area (Å²) in [5.41, 5.74) is -0.562. The summed E-state index contributed by atoms with van der Waals surface area (Å²) in [6.07, 6.45) is 0. The normalized spacial score (nSPS) is 14.9. The topological polar surface area (TPSA) is 44.0 Å². The zero-order valence-corrected chi connectivity index (χ0v) is 12.7. The Labute approximate surface area is 119 Å². The van der Waals surface area contributed by atoms with Gasteiger partial charge in [-0.3, -0.25) is 13.9 Å². The molecule has 0 saturated carbocycles. The van der Waals surface area contributed by atoms with Gasteiger partial charge in [-0.1, -0.05) is 0 Å². The van der Waals surface area contributed by atoms with Crippen molar-refractivity contribution < 1.29 is 0 Å². The number of aromatic nitrogens is 2. The first-order valence-electron chi connectivity index (χ1n) is 5.37. The van der Waals surface area contributed by atoms with Crippen LogP contribution in [0.25, 0.3) is 10.2 Å². The lowest BCUT2D eigenvalue weighted by atomic mass is 10.2. The van der Waals surface area contributed by atoms with E-state index in [1.165, 1.54) is 20.5 Å². The van der Waals surface area contributed by atoms with Crippen molar-refractivity contribution >= 4 is 46.8 Å². The third-order valence-electron chi connectivity index (χ3n) is 2.78. The Balaban J connectivity index is 2.72. The second kappa shape index (κ2) is 4.79. The highest BCUT2D eigenvalue weighted by molar-refractivity contribution is 7.85. The van der Waals surface area contributed by atoms with Crippen molar-refractivity contribution in [2.45, 2.75) is 18.2 Å². The van der Waals surface area contributed by atoms with Gasteiger partial charge in [0.25, 0.3) is 5.56 Å². The van der Waals surface area contributed by atoms with Gasteiger partial charge in [0.05, 0.1) is 5.39 Å². The van der Waals surface area contributed by atoms with E-state index in [4.69, 9.17) is 0 Å². The van der Waals surface area contributed by atoms with Crippen LogP contribution in [0.2, 0.25) is 0 Å². The number of aryl methyl sites for hydroxylation is 1. The van der Waals surface area contributed by atoms with Gasteiger partial charge in [-0.25, -0.2) is 4.79 Å². The molecule has 7 heteroatoms. The van der Waals surface area contributed by atoms with E-state index in [1.54, 1.807) is 13.1 Å². The number of thiophene rings is 1. The molecule has 0 amide bonds. The Morgan fingerprint density at radius 2 is 2.11 bits per heavy atom. The third kappa shape index (κ3) is 2.26. The van der Waals surface area contributed by atoms with E-state index < -0.39 is 4.75 Å². The lowest BCUT2D eigenvalue weighted by Crippen LogP contribution is -2.43. The molecule has 2 aromatic heterocycles. The maximum Gasteiger partial charge on any atom is 0.331 e. The van der Waals surface area contributed by atoms with E-state index in [2.05, 4.69) is 25.3 Å². The minimum absolute atomic E-state index is 0.247. The van der Waals surface area contributed by atoms with Crippen molar-refractivity contribution in [1.82, 2.24) is 9.13 Å². The molecule has 0 aliphatic rings. The SMILES string of the molecule is Cn1c(=O)n(C[C@@](C)(S)CS)c(=O)c2ccsc21.